The van der Waals surface area contributed by atoms with Crippen LogP contribution < -0.4 is 5.32 Å². The topological polar surface area (TPSA) is 59.8 Å². The first-order valence-electron chi connectivity index (χ1n) is 8.68. The zero-order valence-electron chi connectivity index (χ0n) is 14.6. The fourth-order valence-corrected chi connectivity index (χ4v) is 3.03. The fraction of sp³-hybridized carbons (Fsp3) is 0.0455. The molecular weight excluding hydrogens is 336 g/mol. The molecule has 2 heterocycles. The monoisotopic (exact) mass is 354 g/mol. The Hall–Kier alpha value is -3.73. The van der Waals surface area contributed by atoms with Gasteiger partial charge in [-0.25, -0.2) is 4.68 Å². The molecule has 0 unspecified atom stereocenters. The first kappa shape index (κ1) is 16.7. The number of benzene rings is 2. The van der Waals surface area contributed by atoms with Crippen molar-refractivity contribution in [2.45, 2.75) is 6.54 Å². The van der Waals surface area contributed by atoms with Crippen LogP contribution in [0, 0.1) is 0 Å². The minimum absolute atomic E-state index is 0.137. The van der Waals surface area contributed by atoms with Crippen LogP contribution in [-0.2, 0) is 6.54 Å². The Balaban J connectivity index is 1.57. The van der Waals surface area contributed by atoms with Crippen molar-refractivity contribution >= 4 is 5.91 Å². The lowest BCUT2D eigenvalue weighted by Gasteiger charge is -2.13. The summed E-state index contributed by atoms with van der Waals surface area (Å²) in [5.74, 6) is -0.137. The van der Waals surface area contributed by atoms with Gasteiger partial charge in [0.05, 0.1) is 11.3 Å². The number of nitrogens with zero attached hydrogens (tertiary/aromatic N) is 3. The molecule has 0 aliphatic carbocycles. The highest BCUT2D eigenvalue weighted by Crippen LogP contribution is 2.23. The third-order valence-corrected chi connectivity index (χ3v) is 4.33. The molecule has 2 aromatic heterocycles. The van der Waals surface area contributed by atoms with Crippen LogP contribution in [0.25, 0.3) is 16.8 Å². The molecule has 0 saturated heterocycles. The highest BCUT2D eigenvalue weighted by molar-refractivity contribution is 5.97. The lowest BCUT2D eigenvalue weighted by Crippen LogP contribution is -2.24. The maximum atomic E-state index is 12.8. The zero-order chi connectivity index (χ0) is 18.5. The van der Waals surface area contributed by atoms with E-state index in [4.69, 9.17) is 0 Å². The fourth-order valence-electron chi connectivity index (χ4n) is 3.03. The number of rotatable bonds is 5. The minimum atomic E-state index is -0.137. The van der Waals surface area contributed by atoms with Crippen molar-refractivity contribution < 1.29 is 4.79 Å². The van der Waals surface area contributed by atoms with Gasteiger partial charge in [-0.2, -0.15) is 5.10 Å². The van der Waals surface area contributed by atoms with Crippen LogP contribution in [0.15, 0.2) is 91.5 Å². The molecule has 0 radical (unpaired) electrons. The second-order valence-electron chi connectivity index (χ2n) is 6.05. The van der Waals surface area contributed by atoms with Gasteiger partial charge in [-0.05, 0) is 35.4 Å². The van der Waals surface area contributed by atoms with Gasteiger partial charge >= 0.3 is 0 Å². The molecular formula is C22H18N4O. The number of hydrogen-bond donors (Lipinski definition) is 1. The van der Waals surface area contributed by atoms with Gasteiger partial charge in [0.25, 0.3) is 5.91 Å². The summed E-state index contributed by atoms with van der Waals surface area (Å²) < 4.78 is 1.69. The van der Waals surface area contributed by atoms with Gasteiger partial charge in [0.1, 0.15) is 0 Å². The van der Waals surface area contributed by atoms with E-state index in [0.717, 1.165) is 22.4 Å². The Morgan fingerprint density at radius 1 is 0.926 bits per heavy atom. The molecule has 4 aromatic rings. The summed E-state index contributed by atoms with van der Waals surface area (Å²) in [5, 5.41) is 7.26. The number of pyridine rings is 1. The third kappa shape index (κ3) is 3.62. The van der Waals surface area contributed by atoms with E-state index < -0.39 is 0 Å². The molecule has 1 N–H and O–H groups in total. The first-order chi connectivity index (χ1) is 13.3. The minimum Gasteiger partial charge on any atom is -0.348 e. The van der Waals surface area contributed by atoms with E-state index in [2.05, 4.69) is 15.4 Å². The van der Waals surface area contributed by atoms with Crippen molar-refractivity contribution in [1.29, 1.82) is 0 Å². The Morgan fingerprint density at radius 3 is 2.59 bits per heavy atom. The standard InChI is InChI=1S/C22H18N4O/c27-22(20-10-3-4-11-21(20)26-14-6-13-25-26)24-16-18-7-1-2-9-19(18)17-8-5-12-23-15-17/h1-15H,16H2,(H,24,27). The second kappa shape index (κ2) is 7.66. The number of nitrogens with one attached hydrogen (secondary N) is 1. The molecule has 4 rings (SSSR count). The smallest absolute Gasteiger partial charge is 0.253 e. The Bertz CT molecular complexity index is 1040. The van der Waals surface area contributed by atoms with Gasteiger partial charge in [-0.15, -0.1) is 0 Å². The quantitative estimate of drug-likeness (QED) is 0.592. The Kier molecular flexibility index (Phi) is 4.74. The van der Waals surface area contributed by atoms with Crippen LogP contribution in [-0.4, -0.2) is 20.7 Å². The number of amides is 1. The predicted molar refractivity (Wildman–Crippen MR) is 104 cm³/mol. The first-order valence-corrected chi connectivity index (χ1v) is 8.68. The summed E-state index contributed by atoms with van der Waals surface area (Å²) in [6.07, 6.45) is 7.09. The van der Waals surface area contributed by atoms with E-state index in [9.17, 15) is 4.79 Å². The highest BCUT2D eigenvalue weighted by atomic mass is 16.1. The van der Waals surface area contributed by atoms with E-state index in [1.807, 2.05) is 73.1 Å². The average molecular weight is 354 g/mol. The molecule has 0 fully saturated rings. The summed E-state index contributed by atoms with van der Waals surface area (Å²) in [4.78, 5) is 17.0. The van der Waals surface area contributed by atoms with Crippen molar-refractivity contribution in [3.8, 4) is 16.8 Å². The van der Waals surface area contributed by atoms with Crippen molar-refractivity contribution in [1.82, 2.24) is 20.1 Å². The van der Waals surface area contributed by atoms with E-state index in [-0.39, 0.29) is 5.91 Å². The largest absolute Gasteiger partial charge is 0.348 e. The van der Waals surface area contributed by atoms with E-state index in [0.29, 0.717) is 12.1 Å². The molecule has 0 bridgehead atoms. The summed E-state index contributed by atoms with van der Waals surface area (Å²) in [6.45, 7) is 0.428. The highest BCUT2D eigenvalue weighted by Gasteiger charge is 2.13. The molecule has 1 amide bonds. The Labute approximate surface area is 157 Å². The van der Waals surface area contributed by atoms with E-state index in [1.54, 1.807) is 23.1 Å². The van der Waals surface area contributed by atoms with Crippen molar-refractivity contribution in [3.63, 3.8) is 0 Å². The molecule has 0 saturated carbocycles. The van der Waals surface area contributed by atoms with Crippen molar-refractivity contribution in [2.75, 3.05) is 0 Å². The molecule has 5 nitrogen and oxygen atoms in total. The van der Waals surface area contributed by atoms with Gasteiger partial charge in [0, 0.05) is 36.9 Å². The van der Waals surface area contributed by atoms with Crippen LogP contribution in [0.5, 0.6) is 0 Å². The van der Waals surface area contributed by atoms with Crippen LogP contribution >= 0.6 is 0 Å². The van der Waals surface area contributed by atoms with Crippen LogP contribution in [0.1, 0.15) is 15.9 Å². The maximum absolute atomic E-state index is 12.8. The lowest BCUT2D eigenvalue weighted by molar-refractivity contribution is 0.0951. The van der Waals surface area contributed by atoms with Gasteiger partial charge in [0.2, 0.25) is 0 Å². The van der Waals surface area contributed by atoms with Gasteiger partial charge < -0.3 is 5.32 Å². The molecule has 2 aromatic carbocycles. The molecule has 5 heteroatoms. The number of hydrogen-bond acceptors (Lipinski definition) is 3. The summed E-state index contributed by atoms with van der Waals surface area (Å²) >= 11 is 0. The predicted octanol–water partition coefficient (Wildman–Crippen LogP) is 3.86. The maximum Gasteiger partial charge on any atom is 0.253 e. The number of carbonyl (C=O) groups excluding carboxylic acids is 1. The summed E-state index contributed by atoms with van der Waals surface area (Å²) in [5.41, 5.74) is 4.46. The van der Waals surface area contributed by atoms with Gasteiger partial charge in [-0.1, -0.05) is 42.5 Å². The van der Waals surface area contributed by atoms with Gasteiger partial charge in [-0.3, -0.25) is 9.78 Å². The number of para-hydroxylation sites is 1. The van der Waals surface area contributed by atoms with Crippen molar-refractivity contribution in [2.24, 2.45) is 0 Å². The SMILES string of the molecule is O=C(NCc1ccccc1-c1cccnc1)c1ccccc1-n1cccn1. The molecule has 132 valence electrons. The zero-order valence-corrected chi connectivity index (χ0v) is 14.6. The molecule has 0 aliphatic heterocycles. The molecule has 0 aliphatic rings. The van der Waals surface area contributed by atoms with Crippen molar-refractivity contribution in [3.05, 3.63) is 103 Å². The van der Waals surface area contributed by atoms with Crippen LogP contribution in [0.3, 0.4) is 0 Å². The normalized spacial score (nSPS) is 10.5. The lowest BCUT2D eigenvalue weighted by atomic mass is 10.0. The molecule has 0 atom stereocenters. The number of aromatic nitrogens is 3. The molecule has 27 heavy (non-hydrogen) atoms. The van der Waals surface area contributed by atoms with E-state index in [1.165, 1.54) is 0 Å². The van der Waals surface area contributed by atoms with E-state index >= 15 is 0 Å². The summed E-state index contributed by atoms with van der Waals surface area (Å²) in [6, 6.07) is 21.2. The van der Waals surface area contributed by atoms with Crippen LogP contribution in [0.4, 0.5) is 0 Å². The second-order valence-corrected chi connectivity index (χ2v) is 6.05. The van der Waals surface area contributed by atoms with Crippen LogP contribution in [0.2, 0.25) is 0 Å². The van der Waals surface area contributed by atoms with Gasteiger partial charge in [0.15, 0.2) is 0 Å². The summed E-state index contributed by atoms with van der Waals surface area (Å²) in [7, 11) is 0. The Morgan fingerprint density at radius 2 is 1.78 bits per heavy atom. The molecule has 0 spiro atoms. The third-order valence-electron chi connectivity index (χ3n) is 4.33. The average Bonchev–Trinajstić information content (AvgIpc) is 3.28. The number of carbonyl (C=O) groups is 1.